The molecular formula is C15H21ClN4S. The molecule has 2 rings (SSSR count). The van der Waals surface area contributed by atoms with Crippen molar-refractivity contribution in [3.05, 3.63) is 32.6 Å². The molecule has 0 bridgehead atoms. The van der Waals surface area contributed by atoms with E-state index in [4.69, 9.17) is 11.6 Å². The Labute approximate surface area is 135 Å². The molecule has 2 heterocycles. The third kappa shape index (κ3) is 4.14. The zero-order valence-corrected chi connectivity index (χ0v) is 14.7. The predicted octanol–water partition coefficient (Wildman–Crippen LogP) is 4.16. The molecule has 0 fully saturated rings. The summed E-state index contributed by atoms with van der Waals surface area (Å²) in [4.78, 5) is 13.5. The van der Waals surface area contributed by atoms with Crippen LogP contribution in [0.4, 0.5) is 5.82 Å². The molecule has 0 aliphatic rings. The fraction of sp³-hybridized carbons (Fsp3) is 0.533. The number of thiazole rings is 1. The van der Waals surface area contributed by atoms with Crippen molar-refractivity contribution >= 4 is 28.8 Å². The molecule has 114 valence electrons. The van der Waals surface area contributed by atoms with Gasteiger partial charge in [-0.3, -0.25) is 0 Å². The van der Waals surface area contributed by atoms with Crippen molar-refractivity contribution in [3.63, 3.8) is 0 Å². The maximum absolute atomic E-state index is 6.22. The minimum Gasteiger partial charge on any atom is -0.369 e. The van der Waals surface area contributed by atoms with Crippen LogP contribution in [-0.2, 0) is 11.8 Å². The Kier molecular flexibility index (Phi) is 4.84. The second kappa shape index (κ2) is 6.28. The van der Waals surface area contributed by atoms with Crippen LogP contribution in [0.5, 0.6) is 0 Å². The Bertz CT molecular complexity index is 631. The average molecular weight is 325 g/mol. The first kappa shape index (κ1) is 16.2. The highest BCUT2D eigenvalue weighted by molar-refractivity contribution is 7.09. The van der Waals surface area contributed by atoms with Crippen molar-refractivity contribution in [2.75, 3.05) is 11.9 Å². The van der Waals surface area contributed by atoms with Gasteiger partial charge < -0.3 is 5.32 Å². The topological polar surface area (TPSA) is 50.7 Å². The lowest BCUT2D eigenvalue weighted by Crippen LogP contribution is -2.19. The van der Waals surface area contributed by atoms with E-state index in [1.165, 1.54) is 0 Å². The minimum atomic E-state index is -0.125. The minimum absolute atomic E-state index is 0.125. The van der Waals surface area contributed by atoms with Crippen LogP contribution in [0.15, 0.2) is 5.38 Å². The molecule has 0 radical (unpaired) electrons. The monoisotopic (exact) mass is 324 g/mol. The zero-order chi connectivity index (χ0) is 15.6. The van der Waals surface area contributed by atoms with E-state index < -0.39 is 0 Å². The van der Waals surface area contributed by atoms with Crippen molar-refractivity contribution in [2.45, 2.75) is 46.5 Å². The fourth-order valence-corrected chi connectivity index (χ4v) is 2.75. The number of rotatable bonds is 4. The number of halogens is 1. The summed E-state index contributed by atoms with van der Waals surface area (Å²) in [5, 5.41) is 7.07. The van der Waals surface area contributed by atoms with E-state index in [9.17, 15) is 0 Å². The summed E-state index contributed by atoms with van der Waals surface area (Å²) in [5.74, 6) is 1.57. The van der Waals surface area contributed by atoms with Crippen molar-refractivity contribution in [1.29, 1.82) is 0 Å². The molecule has 21 heavy (non-hydrogen) atoms. The van der Waals surface area contributed by atoms with Gasteiger partial charge in [-0.05, 0) is 13.8 Å². The summed E-state index contributed by atoms with van der Waals surface area (Å²) >= 11 is 7.91. The molecule has 0 unspecified atom stereocenters. The average Bonchev–Trinajstić information content (AvgIpc) is 2.79. The van der Waals surface area contributed by atoms with Crippen LogP contribution in [0, 0.1) is 13.8 Å². The van der Waals surface area contributed by atoms with Crippen molar-refractivity contribution in [1.82, 2.24) is 15.0 Å². The van der Waals surface area contributed by atoms with Gasteiger partial charge in [0.05, 0.1) is 5.01 Å². The molecule has 0 spiro atoms. The van der Waals surface area contributed by atoms with E-state index in [1.54, 1.807) is 11.3 Å². The van der Waals surface area contributed by atoms with Gasteiger partial charge in [-0.1, -0.05) is 32.4 Å². The Balaban J connectivity index is 2.10. The van der Waals surface area contributed by atoms with Gasteiger partial charge >= 0.3 is 0 Å². The van der Waals surface area contributed by atoms with E-state index in [0.717, 1.165) is 40.9 Å². The van der Waals surface area contributed by atoms with E-state index in [2.05, 4.69) is 46.4 Å². The highest BCUT2D eigenvalue weighted by Gasteiger charge is 2.20. The Morgan fingerprint density at radius 1 is 1.19 bits per heavy atom. The molecule has 0 atom stereocenters. The van der Waals surface area contributed by atoms with Gasteiger partial charge in [0.2, 0.25) is 0 Å². The van der Waals surface area contributed by atoms with Gasteiger partial charge in [0, 0.05) is 35.0 Å². The van der Waals surface area contributed by atoms with Gasteiger partial charge in [-0.2, -0.15) is 0 Å². The number of hydrogen-bond donors (Lipinski definition) is 1. The van der Waals surface area contributed by atoms with Gasteiger partial charge in [0.25, 0.3) is 0 Å². The lowest BCUT2D eigenvalue weighted by Gasteiger charge is -2.19. The van der Waals surface area contributed by atoms with Crippen LogP contribution >= 0.6 is 22.9 Å². The Hall–Kier alpha value is -1.20. The normalized spacial score (nSPS) is 11.7. The number of aryl methyl sites for hydroxylation is 1. The molecule has 0 aliphatic carbocycles. The van der Waals surface area contributed by atoms with Gasteiger partial charge in [-0.15, -0.1) is 11.3 Å². The van der Waals surface area contributed by atoms with E-state index in [1.807, 2.05) is 13.8 Å². The molecule has 0 aliphatic heterocycles. The summed E-state index contributed by atoms with van der Waals surface area (Å²) < 4.78 is 0. The van der Waals surface area contributed by atoms with Crippen LogP contribution in [-0.4, -0.2) is 21.5 Å². The van der Waals surface area contributed by atoms with Crippen LogP contribution in [0.2, 0.25) is 5.15 Å². The lowest BCUT2D eigenvalue weighted by molar-refractivity contribution is 0.545. The third-order valence-electron chi connectivity index (χ3n) is 3.06. The maximum Gasteiger partial charge on any atom is 0.137 e. The van der Waals surface area contributed by atoms with Gasteiger partial charge in [-0.25, -0.2) is 15.0 Å². The summed E-state index contributed by atoms with van der Waals surface area (Å²) in [6.45, 7) is 11.0. The second-order valence-corrected chi connectivity index (χ2v) is 7.42. The molecule has 0 amide bonds. The summed E-state index contributed by atoms with van der Waals surface area (Å²) in [6.07, 6.45) is 0.879. The van der Waals surface area contributed by atoms with E-state index >= 15 is 0 Å². The molecule has 0 aromatic carbocycles. The number of hydrogen-bond acceptors (Lipinski definition) is 5. The highest BCUT2D eigenvalue weighted by atomic mass is 35.5. The van der Waals surface area contributed by atoms with Gasteiger partial charge in [0.1, 0.15) is 16.8 Å². The summed E-state index contributed by atoms with van der Waals surface area (Å²) in [7, 11) is 0. The molecule has 6 heteroatoms. The quantitative estimate of drug-likeness (QED) is 0.858. The van der Waals surface area contributed by atoms with Crippen molar-refractivity contribution < 1.29 is 0 Å². The predicted molar refractivity (Wildman–Crippen MR) is 89.5 cm³/mol. The number of nitrogens with zero attached hydrogens (tertiary/aromatic N) is 3. The first-order valence-corrected chi connectivity index (χ1v) is 8.22. The van der Waals surface area contributed by atoms with Gasteiger partial charge in [0.15, 0.2) is 0 Å². The van der Waals surface area contributed by atoms with E-state index in [0.29, 0.717) is 5.15 Å². The lowest BCUT2D eigenvalue weighted by atomic mass is 9.95. The summed E-state index contributed by atoms with van der Waals surface area (Å²) in [5.41, 5.74) is 1.84. The van der Waals surface area contributed by atoms with Crippen LogP contribution in [0.1, 0.15) is 42.9 Å². The van der Waals surface area contributed by atoms with Crippen molar-refractivity contribution in [3.8, 4) is 0 Å². The number of aromatic nitrogens is 3. The zero-order valence-electron chi connectivity index (χ0n) is 13.1. The number of nitrogens with one attached hydrogen (secondary N) is 1. The molecule has 0 saturated heterocycles. The largest absolute Gasteiger partial charge is 0.369 e. The third-order valence-corrected chi connectivity index (χ3v) is 4.45. The summed E-state index contributed by atoms with van der Waals surface area (Å²) in [6, 6.07) is 0. The van der Waals surface area contributed by atoms with Crippen LogP contribution < -0.4 is 5.32 Å². The fourth-order valence-electron chi connectivity index (χ4n) is 1.80. The van der Waals surface area contributed by atoms with Crippen molar-refractivity contribution in [2.24, 2.45) is 0 Å². The molecule has 2 aromatic heterocycles. The number of anilines is 1. The maximum atomic E-state index is 6.22. The molecule has 0 saturated carbocycles. The molecule has 1 N–H and O–H groups in total. The highest BCUT2D eigenvalue weighted by Crippen LogP contribution is 2.26. The standard InChI is InChI=1S/C15H21ClN4S/c1-9-8-21-11(18-9)6-7-17-13-10(2)12(16)19-14(20-13)15(3,4)5/h8H,6-7H2,1-5H3,(H,17,19,20). The first-order valence-electron chi connectivity index (χ1n) is 6.97. The first-order chi connectivity index (χ1) is 9.77. The Morgan fingerprint density at radius 3 is 2.48 bits per heavy atom. The smallest absolute Gasteiger partial charge is 0.137 e. The Morgan fingerprint density at radius 2 is 1.90 bits per heavy atom. The molecule has 2 aromatic rings. The van der Waals surface area contributed by atoms with Crippen LogP contribution in [0.3, 0.4) is 0 Å². The van der Waals surface area contributed by atoms with Crippen LogP contribution in [0.25, 0.3) is 0 Å². The SMILES string of the molecule is Cc1csc(CCNc2nc(C(C)(C)C)nc(Cl)c2C)n1. The van der Waals surface area contributed by atoms with E-state index in [-0.39, 0.29) is 5.41 Å². The second-order valence-electron chi connectivity index (χ2n) is 6.12. The molecule has 4 nitrogen and oxygen atoms in total. The molecular weight excluding hydrogens is 304 g/mol.